The van der Waals surface area contributed by atoms with E-state index >= 15 is 0 Å². The van der Waals surface area contributed by atoms with Crippen LogP contribution in [0.25, 0.3) is 0 Å². The highest BCUT2D eigenvalue weighted by atomic mass is 127. The molecule has 3 rings (SSSR count). The van der Waals surface area contributed by atoms with Crippen molar-refractivity contribution in [3.8, 4) is 0 Å². The highest BCUT2D eigenvalue weighted by molar-refractivity contribution is 14.0. The van der Waals surface area contributed by atoms with Crippen molar-refractivity contribution < 1.29 is 9.59 Å². The van der Waals surface area contributed by atoms with Gasteiger partial charge in [0, 0.05) is 26.2 Å². The first kappa shape index (κ1) is 24.6. The van der Waals surface area contributed by atoms with Gasteiger partial charge in [0.05, 0.1) is 11.1 Å². The van der Waals surface area contributed by atoms with Crippen molar-refractivity contribution in [2.75, 3.05) is 45.8 Å². The standard InChI is InChI=1S/C22H33N5O2.HI/c1-2-23-22(24-12-9-16-26-14-7-3-4-8-15-26)25-13-17-27-20(28)18-10-5-6-11-19(18)21(27)29;/h5-6,10-11H,2-4,7-9,12-17H2,1H3,(H2,23,24,25);1H. The van der Waals surface area contributed by atoms with Crippen molar-refractivity contribution in [2.24, 2.45) is 4.99 Å². The van der Waals surface area contributed by atoms with Crippen LogP contribution in [-0.4, -0.2) is 73.4 Å². The minimum atomic E-state index is -0.216. The second-order valence-corrected chi connectivity index (χ2v) is 7.60. The van der Waals surface area contributed by atoms with E-state index in [4.69, 9.17) is 0 Å². The van der Waals surface area contributed by atoms with Crippen molar-refractivity contribution in [1.82, 2.24) is 20.4 Å². The third-order valence-electron chi connectivity index (χ3n) is 5.45. The van der Waals surface area contributed by atoms with Gasteiger partial charge in [0.1, 0.15) is 0 Å². The van der Waals surface area contributed by atoms with Crippen LogP contribution in [0.3, 0.4) is 0 Å². The van der Waals surface area contributed by atoms with E-state index in [-0.39, 0.29) is 35.8 Å². The summed E-state index contributed by atoms with van der Waals surface area (Å²) in [6.45, 7) is 7.87. The second-order valence-electron chi connectivity index (χ2n) is 7.60. The van der Waals surface area contributed by atoms with E-state index in [1.165, 1.54) is 43.7 Å². The molecule has 1 aromatic carbocycles. The Labute approximate surface area is 196 Å². The quantitative estimate of drug-likeness (QED) is 0.179. The molecule has 0 saturated carbocycles. The molecular formula is C22H34IN5O2. The van der Waals surface area contributed by atoms with Crippen LogP contribution >= 0.6 is 24.0 Å². The van der Waals surface area contributed by atoms with Gasteiger partial charge in [-0.15, -0.1) is 24.0 Å². The zero-order chi connectivity index (χ0) is 20.5. The van der Waals surface area contributed by atoms with Crippen LogP contribution in [0.5, 0.6) is 0 Å². The molecule has 0 bridgehead atoms. The predicted octanol–water partition coefficient (Wildman–Crippen LogP) is 2.72. The Balaban J connectivity index is 0.00000320. The molecule has 0 atom stereocenters. The number of likely N-dealkylation sites (tertiary alicyclic amines) is 1. The first-order valence-electron chi connectivity index (χ1n) is 10.9. The smallest absolute Gasteiger partial charge is 0.261 e. The van der Waals surface area contributed by atoms with Gasteiger partial charge < -0.3 is 15.5 Å². The maximum atomic E-state index is 12.4. The highest BCUT2D eigenvalue weighted by Crippen LogP contribution is 2.21. The number of carbonyl (C=O) groups excluding carboxylic acids is 2. The molecule has 166 valence electrons. The largest absolute Gasteiger partial charge is 0.357 e. The SMILES string of the molecule is CCNC(=NCCCN1CCCCCC1)NCCN1C(=O)c2ccccc2C1=O.I. The summed E-state index contributed by atoms with van der Waals surface area (Å²) in [6, 6.07) is 6.98. The molecular weight excluding hydrogens is 493 g/mol. The van der Waals surface area contributed by atoms with Crippen LogP contribution < -0.4 is 10.6 Å². The van der Waals surface area contributed by atoms with Crippen molar-refractivity contribution in [3.05, 3.63) is 35.4 Å². The van der Waals surface area contributed by atoms with Crippen molar-refractivity contribution in [1.29, 1.82) is 0 Å². The lowest BCUT2D eigenvalue weighted by Gasteiger charge is -2.19. The van der Waals surface area contributed by atoms with Gasteiger partial charge in [0.15, 0.2) is 5.96 Å². The number of imide groups is 1. The molecule has 1 fully saturated rings. The van der Waals surface area contributed by atoms with Crippen molar-refractivity contribution >= 4 is 41.8 Å². The third-order valence-corrected chi connectivity index (χ3v) is 5.45. The van der Waals surface area contributed by atoms with Crippen LogP contribution in [0, 0.1) is 0 Å². The lowest BCUT2D eigenvalue weighted by atomic mass is 10.1. The van der Waals surface area contributed by atoms with Gasteiger partial charge in [-0.25, -0.2) is 0 Å². The molecule has 0 radical (unpaired) electrons. The first-order chi connectivity index (χ1) is 14.2. The number of nitrogens with one attached hydrogen (secondary N) is 2. The Morgan fingerprint density at radius 1 is 0.967 bits per heavy atom. The van der Waals surface area contributed by atoms with Crippen LogP contribution in [-0.2, 0) is 0 Å². The molecule has 1 aromatic rings. The summed E-state index contributed by atoms with van der Waals surface area (Å²) in [5.41, 5.74) is 0.984. The average Bonchev–Trinajstić information content (AvgIpc) is 2.90. The maximum absolute atomic E-state index is 12.4. The Hall–Kier alpha value is -1.68. The topological polar surface area (TPSA) is 77.0 Å². The molecule has 1 saturated heterocycles. The third kappa shape index (κ3) is 6.66. The number of benzene rings is 1. The van der Waals surface area contributed by atoms with Gasteiger partial charge in [-0.2, -0.15) is 0 Å². The Morgan fingerprint density at radius 3 is 2.20 bits per heavy atom. The highest BCUT2D eigenvalue weighted by Gasteiger charge is 2.34. The first-order valence-corrected chi connectivity index (χ1v) is 10.9. The molecule has 2 heterocycles. The molecule has 0 unspecified atom stereocenters. The Morgan fingerprint density at radius 2 is 1.60 bits per heavy atom. The Kier molecular flexibility index (Phi) is 10.6. The van der Waals surface area contributed by atoms with E-state index in [1.54, 1.807) is 24.3 Å². The van der Waals surface area contributed by atoms with Gasteiger partial charge >= 0.3 is 0 Å². The number of aliphatic imine (C=N–C) groups is 1. The zero-order valence-corrected chi connectivity index (χ0v) is 20.2. The molecule has 0 aromatic heterocycles. The molecule has 2 aliphatic heterocycles. The van der Waals surface area contributed by atoms with Gasteiger partial charge in [-0.3, -0.25) is 19.5 Å². The summed E-state index contributed by atoms with van der Waals surface area (Å²) in [4.78, 5) is 33.3. The van der Waals surface area contributed by atoms with E-state index < -0.39 is 0 Å². The predicted molar refractivity (Wildman–Crippen MR) is 131 cm³/mol. The van der Waals surface area contributed by atoms with Gasteiger partial charge in [0.25, 0.3) is 11.8 Å². The number of rotatable bonds is 8. The number of hydrogen-bond acceptors (Lipinski definition) is 4. The van der Waals surface area contributed by atoms with Crippen LogP contribution in [0.4, 0.5) is 0 Å². The average molecular weight is 527 g/mol. The summed E-state index contributed by atoms with van der Waals surface area (Å²) in [5, 5.41) is 6.48. The second kappa shape index (κ2) is 12.9. The zero-order valence-electron chi connectivity index (χ0n) is 17.9. The lowest BCUT2D eigenvalue weighted by molar-refractivity contribution is 0.0657. The van der Waals surface area contributed by atoms with Crippen LogP contribution in [0.1, 0.15) is 59.7 Å². The van der Waals surface area contributed by atoms with Crippen molar-refractivity contribution in [2.45, 2.75) is 39.0 Å². The molecule has 0 spiro atoms. The molecule has 0 aliphatic carbocycles. The van der Waals surface area contributed by atoms with Gasteiger partial charge in [-0.1, -0.05) is 25.0 Å². The number of fused-ring (bicyclic) bond motifs is 1. The Bertz CT molecular complexity index is 697. The van der Waals surface area contributed by atoms with E-state index in [0.717, 1.165) is 32.0 Å². The number of halogens is 1. The van der Waals surface area contributed by atoms with Gasteiger partial charge in [0.2, 0.25) is 0 Å². The van der Waals surface area contributed by atoms with Gasteiger partial charge in [-0.05, 0) is 58.0 Å². The summed E-state index contributed by atoms with van der Waals surface area (Å²) < 4.78 is 0. The molecule has 7 nitrogen and oxygen atoms in total. The molecule has 2 aliphatic rings. The van der Waals surface area contributed by atoms with E-state index in [0.29, 0.717) is 24.2 Å². The minimum absolute atomic E-state index is 0. The number of guanidine groups is 1. The monoisotopic (exact) mass is 527 g/mol. The fourth-order valence-electron chi connectivity index (χ4n) is 3.92. The molecule has 8 heteroatoms. The summed E-state index contributed by atoms with van der Waals surface area (Å²) in [5.74, 6) is 0.304. The maximum Gasteiger partial charge on any atom is 0.261 e. The van der Waals surface area contributed by atoms with E-state index in [9.17, 15) is 9.59 Å². The van der Waals surface area contributed by atoms with Crippen molar-refractivity contribution in [3.63, 3.8) is 0 Å². The molecule has 2 amide bonds. The normalized spacial score (nSPS) is 17.4. The summed E-state index contributed by atoms with van der Waals surface area (Å²) in [6.07, 6.45) is 6.37. The molecule has 2 N–H and O–H groups in total. The summed E-state index contributed by atoms with van der Waals surface area (Å²) >= 11 is 0. The number of amides is 2. The van der Waals surface area contributed by atoms with E-state index in [2.05, 4.69) is 20.5 Å². The van der Waals surface area contributed by atoms with Crippen LogP contribution in [0.15, 0.2) is 29.3 Å². The van der Waals surface area contributed by atoms with E-state index in [1.807, 2.05) is 6.92 Å². The fraction of sp³-hybridized carbons (Fsp3) is 0.591. The number of carbonyl (C=O) groups is 2. The minimum Gasteiger partial charge on any atom is -0.357 e. The number of nitrogens with zero attached hydrogens (tertiary/aromatic N) is 3. The fourth-order valence-corrected chi connectivity index (χ4v) is 3.92. The van der Waals surface area contributed by atoms with Crippen LogP contribution in [0.2, 0.25) is 0 Å². The molecule has 30 heavy (non-hydrogen) atoms. The summed E-state index contributed by atoms with van der Waals surface area (Å²) in [7, 11) is 0. The lowest BCUT2D eigenvalue weighted by Crippen LogP contribution is -2.43. The number of hydrogen-bond donors (Lipinski definition) is 2.